The zero-order valence-electron chi connectivity index (χ0n) is 3.65. The smallest absolute Gasteiger partial charge is 0.0823 e. The van der Waals surface area contributed by atoms with E-state index < -0.39 is 0 Å². The Balaban J connectivity index is 2.26. The van der Waals surface area contributed by atoms with Crippen molar-refractivity contribution in [3.05, 3.63) is 0 Å². The SMILES string of the molecule is C1=NCCCN1. The predicted octanol–water partition coefficient (Wildman–Crippen LogP) is 0.00800. The van der Waals surface area contributed by atoms with Crippen molar-refractivity contribution in [3.8, 4) is 0 Å². The molecular weight excluding hydrogens is 76.1 g/mol. The fraction of sp³-hybridized carbons (Fsp3) is 0.750. The van der Waals surface area contributed by atoms with Gasteiger partial charge in [0.05, 0.1) is 6.34 Å². The first-order valence-electron chi connectivity index (χ1n) is 2.22. The second kappa shape index (κ2) is 1.80. The number of nitrogens with one attached hydrogen (secondary N) is 1. The van der Waals surface area contributed by atoms with Crippen molar-refractivity contribution < 1.29 is 0 Å². The van der Waals surface area contributed by atoms with Gasteiger partial charge in [-0.15, -0.1) is 0 Å². The Kier molecular flexibility index (Phi) is 1.10. The molecule has 0 aromatic rings. The molecule has 1 N–H and O–H groups in total. The minimum atomic E-state index is 1.01. The van der Waals surface area contributed by atoms with E-state index in [1.807, 2.05) is 0 Å². The molecule has 0 fully saturated rings. The minimum absolute atomic E-state index is 1.01. The molecule has 2 heteroatoms. The van der Waals surface area contributed by atoms with E-state index in [4.69, 9.17) is 0 Å². The molecule has 0 spiro atoms. The molecule has 1 aliphatic rings. The van der Waals surface area contributed by atoms with Crippen LogP contribution >= 0.6 is 0 Å². The van der Waals surface area contributed by atoms with Crippen LogP contribution in [-0.2, 0) is 0 Å². The summed E-state index contributed by atoms with van der Waals surface area (Å²) in [5, 5.41) is 2.99. The summed E-state index contributed by atoms with van der Waals surface area (Å²) in [6.07, 6.45) is 2.96. The summed E-state index contributed by atoms with van der Waals surface area (Å²) in [4.78, 5) is 3.94. The van der Waals surface area contributed by atoms with Gasteiger partial charge in [0.1, 0.15) is 0 Å². The van der Waals surface area contributed by atoms with E-state index in [1.165, 1.54) is 6.42 Å². The summed E-state index contributed by atoms with van der Waals surface area (Å²) in [6.45, 7) is 2.11. The third-order valence-corrected chi connectivity index (χ3v) is 0.791. The maximum atomic E-state index is 3.94. The predicted molar refractivity (Wildman–Crippen MR) is 26.0 cm³/mol. The van der Waals surface area contributed by atoms with Gasteiger partial charge in [-0.3, -0.25) is 4.99 Å². The molecule has 0 bridgehead atoms. The standard InChI is InChI=1S/C4H8N2/c1-2-5-4-6-3-1/h4H,1-3H2,(H,5,6). The summed E-state index contributed by atoms with van der Waals surface area (Å²) in [7, 11) is 0. The van der Waals surface area contributed by atoms with Gasteiger partial charge in [-0.05, 0) is 6.42 Å². The Hall–Kier alpha value is -0.530. The van der Waals surface area contributed by atoms with E-state index >= 15 is 0 Å². The average molecular weight is 84.1 g/mol. The van der Waals surface area contributed by atoms with Crippen LogP contribution in [0.4, 0.5) is 0 Å². The van der Waals surface area contributed by atoms with Crippen molar-refractivity contribution in [2.75, 3.05) is 13.1 Å². The molecule has 0 atom stereocenters. The fourth-order valence-electron chi connectivity index (χ4n) is 0.466. The number of aliphatic imine (C=N–C) groups is 1. The topological polar surface area (TPSA) is 24.4 Å². The van der Waals surface area contributed by atoms with Crippen LogP contribution in [0.2, 0.25) is 0 Å². The molecule has 0 amide bonds. The normalized spacial score (nSPS) is 20.0. The number of hydrogen-bond donors (Lipinski definition) is 1. The molecule has 34 valence electrons. The van der Waals surface area contributed by atoms with Crippen molar-refractivity contribution in [1.29, 1.82) is 0 Å². The molecule has 0 aliphatic carbocycles. The van der Waals surface area contributed by atoms with Crippen LogP contribution in [0.15, 0.2) is 4.99 Å². The molecule has 0 aromatic heterocycles. The first kappa shape index (κ1) is 3.65. The molecule has 1 rings (SSSR count). The van der Waals surface area contributed by atoms with E-state index in [0.29, 0.717) is 0 Å². The van der Waals surface area contributed by atoms with E-state index in [0.717, 1.165) is 13.1 Å². The lowest BCUT2D eigenvalue weighted by Crippen LogP contribution is -2.17. The zero-order chi connectivity index (χ0) is 4.24. The highest BCUT2D eigenvalue weighted by molar-refractivity contribution is 5.54. The van der Waals surface area contributed by atoms with Crippen LogP contribution in [0.5, 0.6) is 0 Å². The van der Waals surface area contributed by atoms with Gasteiger partial charge >= 0.3 is 0 Å². The van der Waals surface area contributed by atoms with Crippen molar-refractivity contribution in [1.82, 2.24) is 5.32 Å². The van der Waals surface area contributed by atoms with Crippen LogP contribution in [0.25, 0.3) is 0 Å². The lowest BCUT2D eigenvalue weighted by atomic mass is 10.4. The maximum absolute atomic E-state index is 3.94. The van der Waals surface area contributed by atoms with Gasteiger partial charge in [-0.1, -0.05) is 0 Å². The van der Waals surface area contributed by atoms with Gasteiger partial charge in [0.25, 0.3) is 0 Å². The van der Waals surface area contributed by atoms with E-state index in [2.05, 4.69) is 10.3 Å². The first-order chi connectivity index (χ1) is 3.00. The summed E-state index contributed by atoms with van der Waals surface area (Å²) in [5.74, 6) is 0. The molecule has 0 aromatic carbocycles. The minimum Gasteiger partial charge on any atom is -0.376 e. The van der Waals surface area contributed by atoms with Gasteiger partial charge in [0.15, 0.2) is 0 Å². The Bertz CT molecular complexity index is 50.6. The van der Waals surface area contributed by atoms with E-state index in [-0.39, 0.29) is 0 Å². The summed E-state index contributed by atoms with van der Waals surface area (Å²) in [6, 6.07) is 0. The van der Waals surface area contributed by atoms with Gasteiger partial charge in [0.2, 0.25) is 0 Å². The Morgan fingerprint density at radius 3 is 2.83 bits per heavy atom. The highest BCUT2D eigenvalue weighted by Crippen LogP contribution is 1.79. The number of rotatable bonds is 0. The monoisotopic (exact) mass is 84.1 g/mol. The van der Waals surface area contributed by atoms with E-state index in [9.17, 15) is 0 Å². The van der Waals surface area contributed by atoms with Crippen molar-refractivity contribution in [2.24, 2.45) is 4.99 Å². The quantitative estimate of drug-likeness (QED) is 0.439. The third kappa shape index (κ3) is 0.708. The Morgan fingerprint density at radius 2 is 2.67 bits per heavy atom. The van der Waals surface area contributed by atoms with Crippen molar-refractivity contribution >= 4 is 6.34 Å². The summed E-state index contributed by atoms with van der Waals surface area (Å²) < 4.78 is 0. The van der Waals surface area contributed by atoms with Crippen molar-refractivity contribution in [3.63, 3.8) is 0 Å². The lowest BCUT2D eigenvalue weighted by molar-refractivity contribution is 0.755. The highest BCUT2D eigenvalue weighted by Gasteiger charge is 1.85. The summed E-state index contributed by atoms with van der Waals surface area (Å²) >= 11 is 0. The largest absolute Gasteiger partial charge is 0.376 e. The van der Waals surface area contributed by atoms with E-state index in [1.54, 1.807) is 6.34 Å². The first-order valence-corrected chi connectivity index (χ1v) is 2.22. The molecule has 2 nitrogen and oxygen atoms in total. The number of nitrogens with zero attached hydrogens (tertiary/aromatic N) is 1. The molecule has 1 heterocycles. The average Bonchev–Trinajstić information content (AvgIpc) is 1.72. The molecule has 0 saturated carbocycles. The van der Waals surface area contributed by atoms with Gasteiger partial charge < -0.3 is 5.32 Å². The molecule has 0 radical (unpaired) electrons. The molecule has 0 unspecified atom stereocenters. The van der Waals surface area contributed by atoms with Crippen LogP contribution in [0, 0.1) is 0 Å². The summed E-state index contributed by atoms with van der Waals surface area (Å²) in [5.41, 5.74) is 0. The third-order valence-electron chi connectivity index (χ3n) is 0.791. The Labute approximate surface area is 37.3 Å². The van der Waals surface area contributed by atoms with Crippen LogP contribution < -0.4 is 5.32 Å². The van der Waals surface area contributed by atoms with Crippen LogP contribution in [-0.4, -0.2) is 19.4 Å². The van der Waals surface area contributed by atoms with Gasteiger partial charge in [0, 0.05) is 13.1 Å². The molecule has 6 heavy (non-hydrogen) atoms. The van der Waals surface area contributed by atoms with Crippen molar-refractivity contribution in [2.45, 2.75) is 6.42 Å². The second-order valence-corrected chi connectivity index (χ2v) is 1.34. The zero-order valence-corrected chi connectivity index (χ0v) is 3.65. The highest BCUT2D eigenvalue weighted by atomic mass is 15.0. The molecular formula is C4H8N2. The molecule has 1 aliphatic heterocycles. The van der Waals surface area contributed by atoms with Gasteiger partial charge in [-0.2, -0.15) is 0 Å². The maximum Gasteiger partial charge on any atom is 0.0823 e. The molecule has 0 saturated heterocycles. The number of hydrogen-bond acceptors (Lipinski definition) is 2. The fourth-order valence-corrected chi connectivity index (χ4v) is 0.466. The van der Waals surface area contributed by atoms with Gasteiger partial charge in [-0.25, -0.2) is 0 Å². The Morgan fingerprint density at radius 1 is 1.67 bits per heavy atom. The second-order valence-electron chi connectivity index (χ2n) is 1.34. The lowest BCUT2D eigenvalue weighted by Gasteiger charge is -2.01. The van der Waals surface area contributed by atoms with Crippen LogP contribution in [0.1, 0.15) is 6.42 Å². The van der Waals surface area contributed by atoms with Crippen LogP contribution in [0.3, 0.4) is 0 Å².